The lowest BCUT2D eigenvalue weighted by molar-refractivity contribution is -0.139. The number of rotatable bonds is 6. The van der Waals surface area contributed by atoms with E-state index in [-0.39, 0.29) is 0 Å². The van der Waals surface area contributed by atoms with Crippen LogP contribution >= 0.6 is 11.6 Å². The summed E-state index contributed by atoms with van der Waals surface area (Å²) in [5.74, 6) is -0.365. The fourth-order valence-corrected chi connectivity index (χ4v) is 2.13. The molecule has 0 aliphatic heterocycles. The molecule has 6 heteroatoms. The molecule has 5 nitrogen and oxygen atoms in total. The van der Waals surface area contributed by atoms with Gasteiger partial charge in [0.25, 0.3) is 0 Å². The van der Waals surface area contributed by atoms with Crippen molar-refractivity contribution in [1.29, 1.82) is 5.26 Å². The standard InChI is InChI=1S/C18H14ClNO4/c1-23-17-9-12(2-7-16(17)24-11-18(21)22)8-14(10-20)13-3-5-15(19)6-4-13/h2-9H,11H2,1H3,(H,21,22)/b14-8+. The highest BCUT2D eigenvalue weighted by atomic mass is 35.5. The van der Waals surface area contributed by atoms with Gasteiger partial charge in [0.2, 0.25) is 0 Å². The van der Waals surface area contributed by atoms with E-state index in [1.807, 2.05) is 0 Å². The molecule has 0 amide bonds. The summed E-state index contributed by atoms with van der Waals surface area (Å²) < 4.78 is 10.4. The quantitative estimate of drug-likeness (QED) is 0.636. The number of hydrogen-bond donors (Lipinski definition) is 1. The van der Waals surface area contributed by atoms with Crippen molar-refractivity contribution >= 4 is 29.2 Å². The number of methoxy groups -OCH3 is 1. The number of allylic oxidation sites excluding steroid dienone is 1. The summed E-state index contributed by atoms with van der Waals surface area (Å²) >= 11 is 5.85. The molecule has 0 unspecified atom stereocenters. The minimum absolute atomic E-state index is 0.321. The fraction of sp³-hybridized carbons (Fsp3) is 0.111. The van der Waals surface area contributed by atoms with Crippen LogP contribution in [-0.2, 0) is 4.79 Å². The molecule has 24 heavy (non-hydrogen) atoms. The third-order valence-electron chi connectivity index (χ3n) is 3.13. The molecule has 0 bridgehead atoms. The van der Waals surface area contributed by atoms with Crippen LogP contribution in [0.4, 0.5) is 0 Å². The van der Waals surface area contributed by atoms with Crippen LogP contribution in [0.15, 0.2) is 42.5 Å². The first-order chi connectivity index (χ1) is 11.5. The highest BCUT2D eigenvalue weighted by Crippen LogP contribution is 2.30. The van der Waals surface area contributed by atoms with E-state index in [1.165, 1.54) is 7.11 Å². The Kier molecular flexibility index (Phi) is 5.83. The minimum atomic E-state index is -1.07. The normalized spacial score (nSPS) is 10.8. The van der Waals surface area contributed by atoms with Crippen molar-refractivity contribution in [1.82, 2.24) is 0 Å². The zero-order valence-corrected chi connectivity index (χ0v) is 13.6. The number of aliphatic carboxylic acids is 1. The van der Waals surface area contributed by atoms with E-state index >= 15 is 0 Å². The maximum absolute atomic E-state index is 10.6. The molecular formula is C18H14ClNO4. The van der Waals surface area contributed by atoms with E-state index in [4.69, 9.17) is 26.2 Å². The molecule has 0 radical (unpaired) electrons. The first-order valence-corrected chi connectivity index (χ1v) is 7.31. The van der Waals surface area contributed by atoms with Gasteiger partial charge in [0.1, 0.15) is 0 Å². The van der Waals surface area contributed by atoms with Crippen molar-refractivity contribution < 1.29 is 19.4 Å². The number of benzene rings is 2. The van der Waals surface area contributed by atoms with E-state index in [1.54, 1.807) is 48.5 Å². The number of nitriles is 1. The van der Waals surface area contributed by atoms with Gasteiger partial charge in [-0.2, -0.15) is 5.26 Å². The summed E-state index contributed by atoms with van der Waals surface area (Å²) in [5.41, 5.74) is 1.93. The average Bonchev–Trinajstić information content (AvgIpc) is 2.59. The Hall–Kier alpha value is -2.97. The Bertz CT molecular complexity index is 807. The van der Waals surface area contributed by atoms with Gasteiger partial charge < -0.3 is 14.6 Å². The lowest BCUT2D eigenvalue weighted by atomic mass is 10.0. The molecule has 122 valence electrons. The molecule has 0 aliphatic carbocycles. The Labute approximate surface area is 144 Å². The zero-order chi connectivity index (χ0) is 17.5. The van der Waals surface area contributed by atoms with Crippen molar-refractivity contribution in [2.45, 2.75) is 0 Å². The molecule has 0 saturated heterocycles. The van der Waals surface area contributed by atoms with Gasteiger partial charge in [0.15, 0.2) is 18.1 Å². The van der Waals surface area contributed by atoms with Gasteiger partial charge in [0.05, 0.1) is 18.8 Å². The largest absolute Gasteiger partial charge is 0.493 e. The van der Waals surface area contributed by atoms with Gasteiger partial charge in [-0.15, -0.1) is 0 Å². The smallest absolute Gasteiger partial charge is 0.341 e. The van der Waals surface area contributed by atoms with Crippen LogP contribution < -0.4 is 9.47 Å². The van der Waals surface area contributed by atoms with Crippen molar-refractivity contribution in [3.05, 3.63) is 58.6 Å². The molecule has 0 spiro atoms. The van der Waals surface area contributed by atoms with Crippen molar-refractivity contribution in [2.24, 2.45) is 0 Å². The van der Waals surface area contributed by atoms with E-state index in [0.717, 1.165) is 11.1 Å². The van der Waals surface area contributed by atoms with Crippen LogP contribution in [0.5, 0.6) is 11.5 Å². The summed E-state index contributed by atoms with van der Waals surface area (Å²) in [6, 6.07) is 14.1. The van der Waals surface area contributed by atoms with Crippen LogP contribution in [0, 0.1) is 11.3 Å². The van der Waals surface area contributed by atoms with E-state index in [9.17, 15) is 10.1 Å². The maximum atomic E-state index is 10.6. The van der Waals surface area contributed by atoms with Gasteiger partial charge in [-0.25, -0.2) is 4.79 Å². The molecule has 0 aromatic heterocycles. The maximum Gasteiger partial charge on any atom is 0.341 e. The van der Waals surface area contributed by atoms with Gasteiger partial charge in [-0.1, -0.05) is 29.8 Å². The van der Waals surface area contributed by atoms with Gasteiger partial charge in [-0.3, -0.25) is 0 Å². The molecule has 0 fully saturated rings. The number of ether oxygens (including phenoxy) is 2. The highest BCUT2D eigenvalue weighted by Gasteiger charge is 2.08. The Balaban J connectivity index is 2.32. The first-order valence-electron chi connectivity index (χ1n) is 6.94. The van der Waals surface area contributed by atoms with Crippen molar-refractivity contribution in [3.63, 3.8) is 0 Å². The minimum Gasteiger partial charge on any atom is -0.493 e. The third kappa shape index (κ3) is 4.51. The Morgan fingerprint density at radius 1 is 1.25 bits per heavy atom. The molecule has 0 saturated carbocycles. The predicted molar refractivity (Wildman–Crippen MR) is 91.1 cm³/mol. The van der Waals surface area contributed by atoms with E-state index < -0.39 is 12.6 Å². The zero-order valence-electron chi connectivity index (χ0n) is 12.8. The van der Waals surface area contributed by atoms with Crippen molar-refractivity contribution in [3.8, 4) is 17.6 Å². The molecule has 2 aromatic rings. The van der Waals surface area contributed by atoms with Crippen LogP contribution in [-0.4, -0.2) is 24.8 Å². The molecule has 2 aromatic carbocycles. The molecule has 0 atom stereocenters. The fourth-order valence-electron chi connectivity index (χ4n) is 2.01. The lowest BCUT2D eigenvalue weighted by Crippen LogP contribution is -2.10. The summed E-state index contributed by atoms with van der Waals surface area (Å²) in [6.07, 6.45) is 1.70. The van der Waals surface area contributed by atoms with Gasteiger partial charge >= 0.3 is 5.97 Å². The van der Waals surface area contributed by atoms with Gasteiger partial charge in [-0.05, 0) is 41.5 Å². The van der Waals surface area contributed by atoms with Crippen LogP contribution in [0.1, 0.15) is 11.1 Å². The summed E-state index contributed by atoms with van der Waals surface area (Å²) in [7, 11) is 1.46. The second-order valence-electron chi connectivity index (χ2n) is 4.77. The highest BCUT2D eigenvalue weighted by molar-refractivity contribution is 6.30. The average molecular weight is 344 g/mol. The number of carboxylic acid groups (broad SMARTS) is 1. The SMILES string of the molecule is COc1cc(/C=C(\C#N)c2ccc(Cl)cc2)ccc1OCC(=O)O. The van der Waals surface area contributed by atoms with Crippen LogP contribution in [0.3, 0.4) is 0 Å². The monoisotopic (exact) mass is 343 g/mol. The molecule has 0 aliphatic rings. The Morgan fingerprint density at radius 3 is 2.54 bits per heavy atom. The van der Waals surface area contributed by atoms with E-state index in [2.05, 4.69) is 6.07 Å². The number of carbonyl (C=O) groups is 1. The number of halogens is 1. The molecule has 1 N–H and O–H groups in total. The summed E-state index contributed by atoms with van der Waals surface area (Å²) in [6.45, 7) is -0.459. The number of nitrogens with zero attached hydrogens (tertiary/aromatic N) is 1. The molecule has 2 rings (SSSR count). The molecule has 0 heterocycles. The lowest BCUT2D eigenvalue weighted by Gasteiger charge is -2.10. The number of hydrogen-bond acceptors (Lipinski definition) is 4. The van der Waals surface area contributed by atoms with Gasteiger partial charge in [0, 0.05) is 5.02 Å². The molecular weight excluding hydrogens is 330 g/mol. The van der Waals surface area contributed by atoms with Crippen LogP contribution in [0.2, 0.25) is 5.02 Å². The first kappa shape index (κ1) is 17.4. The number of carboxylic acids is 1. The Morgan fingerprint density at radius 2 is 1.96 bits per heavy atom. The van der Waals surface area contributed by atoms with Crippen LogP contribution in [0.25, 0.3) is 11.6 Å². The van der Waals surface area contributed by atoms with Crippen molar-refractivity contribution in [2.75, 3.05) is 13.7 Å². The topological polar surface area (TPSA) is 79.5 Å². The second kappa shape index (κ2) is 8.04. The third-order valence-corrected chi connectivity index (χ3v) is 3.38. The summed E-state index contributed by atoms with van der Waals surface area (Å²) in [4.78, 5) is 10.6. The second-order valence-corrected chi connectivity index (χ2v) is 5.21. The summed E-state index contributed by atoms with van der Waals surface area (Å²) in [5, 5.41) is 18.6. The van der Waals surface area contributed by atoms with E-state index in [0.29, 0.717) is 22.1 Å². The predicted octanol–water partition coefficient (Wildman–Crippen LogP) is 3.88.